The lowest BCUT2D eigenvalue weighted by molar-refractivity contribution is 0.626. The van der Waals surface area contributed by atoms with Gasteiger partial charge in [0.15, 0.2) is 0 Å². The summed E-state index contributed by atoms with van der Waals surface area (Å²) in [7, 11) is 0. The highest BCUT2D eigenvalue weighted by Gasteiger charge is 2.04. The Hall–Kier alpha value is -1.22. The maximum atomic E-state index is 13.1. The molecule has 2 aromatic rings. The van der Waals surface area contributed by atoms with Crippen molar-refractivity contribution in [3.63, 3.8) is 0 Å². The minimum Gasteiger partial charge on any atom is -0.252 e. The summed E-state index contributed by atoms with van der Waals surface area (Å²) in [5.74, 6) is -0.264. The van der Waals surface area contributed by atoms with Gasteiger partial charge < -0.3 is 0 Å². The summed E-state index contributed by atoms with van der Waals surface area (Å²) in [6.07, 6.45) is 1.60. The van der Waals surface area contributed by atoms with E-state index in [1.54, 1.807) is 12.3 Å². The van der Waals surface area contributed by atoms with E-state index in [-0.39, 0.29) is 5.82 Å². The highest BCUT2D eigenvalue weighted by atomic mass is 32.1. The lowest BCUT2D eigenvalue weighted by Crippen LogP contribution is -1.84. The van der Waals surface area contributed by atoms with Crippen LogP contribution in [0, 0.1) is 5.82 Å². The van der Waals surface area contributed by atoms with Crippen LogP contribution in [0.4, 0.5) is 4.39 Å². The third-order valence-corrected chi connectivity index (χ3v) is 2.39. The molecule has 60 valence electrons. The van der Waals surface area contributed by atoms with Crippen molar-refractivity contribution in [1.82, 2.24) is 4.98 Å². The van der Waals surface area contributed by atoms with Gasteiger partial charge in [-0.15, -0.1) is 11.3 Å². The fraction of sp³-hybridized carbons (Fsp3) is 0. The van der Waals surface area contributed by atoms with Gasteiger partial charge in [0.25, 0.3) is 0 Å². The molecule has 0 amide bonds. The molecule has 0 N–H and O–H groups in total. The number of hydrogen-bond acceptors (Lipinski definition) is 2. The molecule has 0 aliphatic rings. The Morgan fingerprint density at radius 1 is 1.25 bits per heavy atom. The zero-order valence-corrected chi connectivity index (χ0v) is 7.01. The third kappa shape index (κ3) is 1.23. The molecule has 0 aliphatic heterocycles. The molecule has 0 fully saturated rings. The normalized spacial score (nSPS) is 10.1. The molecule has 1 nitrogen and oxygen atoms in total. The molecule has 12 heavy (non-hydrogen) atoms. The molecule has 0 radical (unpaired) electrons. The van der Waals surface area contributed by atoms with Crippen LogP contribution in [-0.2, 0) is 0 Å². The quantitative estimate of drug-likeness (QED) is 0.655. The van der Waals surface area contributed by atoms with Crippen LogP contribution in [0.2, 0.25) is 0 Å². The van der Waals surface area contributed by atoms with E-state index in [0.717, 1.165) is 4.88 Å². The standard InChI is InChI=1S/C9H6FNS/c10-7-3-1-5-11-9(7)8-4-2-6-12-8/h1-6H. The molecule has 3 heteroatoms. The highest BCUT2D eigenvalue weighted by Crippen LogP contribution is 2.24. The molecular weight excluding hydrogens is 173 g/mol. The monoisotopic (exact) mass is 179 g/mol. The number of nitrogens with zero attached hydrogens (tertiary/aromatic N) is 1. The van der Waals surface area contributed by atoms with Crippen LogP contribution < -0.4 is 0 Å². The lowest BCUT2D eigenvalue weighted by Gasteiger charge is -1.95. The lowest BCUT2D eigenvalue weighted by atomic mass is 10.3. The molecule has 0 saturated carbocycles. The maximum absolute atomic E-state index is 13.1. The second kappa shape index (κ2) is 3.03. The number of thiophene rings is 1. The van der Waals surface area contributed by atoms with Crippen molar-refractivity contribution >= 4 is 11.3 Å². The van der Waals surface area contributed by atoms with Gasteiger partial charge in [-0.2, -0.15) is 0 Å². The van der Waals surface area contributed by atoms with Crippen molar-refractivity contribution in [2.24, 2.45) is 0 Å². The summed E-state index contributed by atoms with van der Waals surface area (Å²) in [6.45, 7) is 0. The number of aromatic nitrogens is 1. The molecule has 0 aliphatic carbocycles. The van der Waals surface area contributed by atoms with Crippen LogP contribution in [0.15, 0.2) is 35.8 Å². The summed E-state index contributed by atoms with van der Waals surface area (Å²) in [5, 5.41) is 1.91. The third-order valence-electron chi connectivity index (χ3n) is 1.51. The first kappa shape index (κ1) is 7.43. The fourth-order valence-electron chi connectivity index (χ4n) is 0.980. The SMILES string of the molecule is Fc1cccnc1-c1cccs1. The first-order valence-electron chi connectivity index (χ1n) is 3.52. The zero-order chi connectivity index (χ0) is 8.39. The van der Waals surface area contributed by atoms with Crippen LogP contribution in [0.1, 0.15) is 0 Å². The van der Waals surface area contributed by atoms with Gasteiger partial charge in [-0.3, -0.25) is 4.98 Å². The number of rotatable bonds is 1. The van der Waals surface area contributed by atoms with E-state index >= 15 is 0 Å². The molecule has 2 rings (SSSR count). The topological polar surface area (TPSA) is 12.9 Å². The summed E-state index contributed by atoms with van der Waals surface area (Å²) in [4.78, 5) is 4.82. The van der Waals surface area contributed by atoms with E-state index in [1.807, 2.05) is 17.5 Å². The van der Waals surface area contributed by atoms with Gasteiger partial charge in [-0.05, 0) is 23.6 Å². The second-order valence-electron chi connectivity index (χ2n) is 2.31. The van der Waals surface area contributed by atoms with E-state index < -0.39 is 0 Å². The average Bonchev–Trinajstić information content (AvgIpc) is 2.57. The molecule has 0 unspecified atom stereocenters. The van der Waals surface area contributed by atoms with Crippen molar-refractivity contribution in [2.75, 3.05) is 0 Å². The van der Waals surface area contributed by atoms with E-state index in [9.17, 15) is 4.39 Å². The Bertz CT molecular complexity index is 370. The minimum absolute atomic E-state index is 0.264. The first-order chi connectivity index (χ1) is 5.88. The van der Waals surface area contributed by atoms with Crippen LogP contribution in [0.3, 0.4) is 0 Å². The second-order valence-corrected chi connectivity index (χ2v) is 3.26. The Balaban J connectivity index is 2.55. The Kier molecular flexibility index (Phi) is 1.87. The Labute approximate surface area is 73.5 Å². The Morgan fingerprint density at radius 2 is 2.17 bits per heavy atom. The predicted molar refractivity (Wildman–Crippen MR) is 47.5 cm³/mol. The zero-order valence-electron chi connectivity index (χ0n) is 6.20. The number of halogens is 1. The van der Waals surface area contributed by atoms with Gasteiger partial charge in [0.1, 0.15) is 11.5 Å². The smallest absolute Gasteiger partial charge is 0.150 e. The maximum Gasteiger partial charge on any atom is 0.150 e. The molecular formula is C9H6FNS. The molecule has 0 aromatic carbocycles. The molecule has 0 spiro atoms. The average molecular weight is 179 g/mol. The van der Waals surface area contributed by atoms with Crippen molar-refractivity contribution in [3.05, 3.63) is 41.7 Å². The van der Waals surface area contributed by atoms with E-state index in [1.165, 1.54) is 17.4 Å². The van der Waals surface area contributed by atoms with Crippen molar-refractivity contribution in [2.45, 2.75) is 0 Å². The van der Waals surface area contributed by atoms with Crippen LogP contribution in [-0.4, -0.2) is 4.98 Å². The van der Waals surface area contributed by atoms with Crippen LogP contribution >= 0.6 is 11.3 Å². The fourth-order valence-corrected chi connectivity index (χ4v) is 1.70. The molecule has 0 atom stereocenters. The van der Waals surface area contributed by atoms with Gasteiger partial charge >= 0.3 is 0 Å². The highest BCUT2D eigenvalue weighted by molar-refractivity contribution is 7.13. The molecule has 0 saturated heterocycles. The molecule has 0 bridgehead atoms. The first-order valence-corrected chi connectivity index (χ1v) is 4.40. The van der Waals surface area contributed by atoms with Gasteiger partial charge in [0.2, 0.25) is 0 Å². The van der Waals surface area contributed by atoms with Gasteiger partial charge in [-0.25, -0.2) is 4.39 Å². The van der Waals surface area contributed by atoms with Gasteiger partial charge in [0.05, 0.1) is 4.88 Å². The Morgan fingerprint density at radius 3 is 2.83 bits per heavy atom. The van der Waals surface area contributed by atoms with Crippen molar-refractivity contribution in [3.8, 4) is 10.6 Å². The predicted octanol–water partition coefficient (Wildman–Crippen LogP) is 2.95. The largest absolute Gasteiger partial charge is 0.252 e. The summed E-state index contributed by atoms with van der Waals surface area (Å²) in [5.41, 5.74) is 0.438. The summed E-state index contributed by atoms with van der Waals surface area (Å²) in [6, 6.07) is 6.75. The van der Waals surface area contributed by atoms with Crippen LogP contribution in [0.25, 0.3) is 10.6 Å². The van der Waals surface area contributed by atoms with E-state index in [4.69, 9.17) is 0 Å². The summed E-state index contributed by atoms with van der Waals surface area (Å²) >= 11 is 1.49. The van der Waals surface area contributed by atoms with Gasteiger partial charge in [-0.1, -0.05) is 6.07 Å². The van der Waals surface area contributed by atoms with E-state index in [2.05, 4.69) is 4.98 Å². The molecule has 2 heterocycles. The number of pyridine rings is 1. The molecule has 2 aromatic heterocycles. The minimum atomic E-state index is -0.264. The van der Waals surface area contributed by atoms with Gasteiger partial charge in [0, 0.05) is 6.20 Å². The van der Waals surface area contributed by atoms with Crippen molar-refractivity contribution < 1.29 is 4.39 Å². The van der Waals surface area contributed by atoms with Crippen LogP contribution in [0.5, 0.6) is 0 Å². The number of hydrogen-bond donors (Lipinski definition) is 0. The summed E-state index contributed by atoms with van der Waals surface area (Å²) < 4.78 is 13.1. The van der Waals surface area contributed by atoms with E-state index in [0.29, 0.717) is 5.69 Å². The van der Waals surface area contributed by atoms with Crippen molar-refractivity contribution in [1.29, 1.82) is 0 Å².